The van der Waals surface area contributed by atoms with Gasteiger partial charge in [-0.1, -0.05) is 26.0 Å². The lowest BCUT2D eigenvalue weighted by molar-refractivity contribution is 0.0977. The number of amides is 1. The summed E-state index contributed by atoms with van der Waals surface area (Å²) in [5.41, 5.74) is 3.39. The van der Waals surface area contributed by atoms with Gasteiger partial charge >= 0.3 is 0 Å². The highest BCUT2D eigenvalue weighted by Gasteiger charge is 2.10. The summed E-state index contributed by atoms with van der Waals surface area (Å²) in [5.74, 6) is 0.0411. The van der Waals surface area contributed by atoms with Crippen molar-refractivity contribution in [3.8, 4) is 0 Å². The maximum Gasteiger partial charge on any atom is 0.257 e. The van der Waals surface area contributed by atoms with Crippen molar-refractivity contribution in [2.75, 3.05) is 5.32 Å². The van der Waals surface area contributed by atoms with E-state index in [2.05, 4.69) is 46.6 Å². The molecule has 1 heterocycles. The highest BCUT2D eigenvalue weighted by molar-refractivity contribution is 6.09. The Morgan fingerprint density at radius 3 is 2.33 bits per heavy atom. The quantitative estimate of drug-likeness (QED) is 0.442. The third kappa shape index (κ3) is 5.98. The van der Waals surface area contributed by atoms with E-state index in [0.29, 0.717) is 24.0 Å². The van der Waals surface area contributed by atoms with Gasteiger partial charge in [-0.2, -0.15) is 0 Å². The van der Waals surface area contributed by atoms with Crippen LogP contribution in [0.3, 0.4) is 0 Å². The summed E-state index contributed by atoms with van der Waals surface area (Å²) in [5, 5.41) is 5.96. The van der Waals surface area contributed by atoms with Gasteiger partial charge in [0.1, 0.15) is 5.82 Å². The molecule has 1 aromatic heterocycles. The number of carbonyl (C=O) groups excluding carboxylic acids is 1. The van der Waals surface area contributed by atoms with Crippen LogP contribution in [0.4, 0.5) is 10.1 Å². The van der Waals surface area contributed by atoms with Gasteiger partial charge in [-0.05, 0) is 72.0 Å². The molecule has 6 heteroatoms. The number of anilines is 1. The third-order valence-corrected chi connectivity index (χ3v) is 4.86. The van der Waals surface area contributed by atoms with Crippen LogP contribution in [0, 0.1) is 5.82 Å². The topological polar surface area (TPSA) is 66.4 Å². The molecule has 3 rings (SSSR count). The van der Waals surface area contributed by atoms with Crippen molar-refractivity contribution in [3.05, 3.63) is 95.6 Å². The van der Waals surface area contributed by atoms with E-state index in [-0.39, 0.29) is 5.91 Å². The van der Waals surface area contributed by atoms with Crippen molar-refractivity contribution < 1.29 is 9.18 Å². The van der Waals surface area contributed by atoms with Gasteiger partial charge in [0.15, 0.2) is 0 Å². The van der Waals surface area contributed by atoms with Gasteiger partial charge < -0.3 is 5.32 Å². The van der Waals surface area contributed by atoms with E-state index in [1.807, 2.05) is 24.3 Å². The lowest BCUT2D eigenvalue weighted by atomic mass is 9.99. The highest BCUT2D eigenvalue weighted by Crippen LogP contribution is 2.20. The van der Waals surface area contributed by atoms with Gasteiger partial charge in [0, 0.05) is 23.6 Å². The largest absolute Gasteiger partial charge is 0.326 e. The summed E-state index contributed by atoms with van der Waals surface area (Å²) in [6.07, 6.45) is 4.46. The predicted octanol–water partition coefficient (Wildman–Crippen LogP) is 5.13. The highest BCUT2D eigenvalue weighted by atomic mass is 19.1. The van der Waals surface area contributed by atoms with Crippen LogP contribution in [0.1, 0.15) is 47.7 Å². The van der Waals surface area contributed by atoms with Crippen LogP contribution in [0.15, 0.2) is 78.0 Å². The second-order valence-corrected chi connectivity index (χ2v) is 7.04. The van der Waals surface area contributed by atoms with E-state index in [1.165, 1.54) is 29.8 Å². The number of hydrogen-bond acceptors (Lipinski definition) is 3. The summed E-state index contributed by atoms with van der Waals surface area (Å²) in [4.78, 5) is 21.1. The van der Waals surface area contributed by atoms with Gasteiger partial charge in [0.05, 0.1) is 6.54 Å². The molecule has 5 nitrogen and oxygen atoms in total. The van der Waals surface area contributed by atoms with Gasteiger partial charge in [0.2, 0.25) is 5.96 Å². The lowest BCUT2D eigenvalue weighted by Gasteiger charge is -2.14. The Morgan fingerprint density at radius 1 is 1.03 bits per heavy atom. The number of aromatic nitrogens is 1. The zero-order chi connectivity index (χ0) is 21.3. The number of nitrogens with zero attached hydrogens (tertiary/aromatic N) is 2. The van der Waals surface area contributed by atoms with Crippen molar-refractivity contribution >= 4 is 17.6 Å². The van der Waals surface area contributed by atoms with Crippen LogP contribution >= 0.6 is 0 Å². The molecule has 0 spiro atoms. The predicted molar refractivity (Wildman–Crippen MR) is 118 cm³/mol. The van der Waals surface area contributed by atoms with E-state index in [1.54, 1.807) is 12.4 Å². The van der Waals surface area contributed by atoms with Gasteiger partial charge in [0.25, 0.3) is 5.91 Å². The molecule has 2 aromatic carbocycles. The number of nitrogens with one attached hydrogen (secondary N) is 2. The molecule has 0 aliphatic carbocycles. The molecule has 1 atom stereocenters. The van der Waals surface area contributed by atoms with Crippen molar-refractivity contribution in [1.29, 1.82) is 0 Å². The molecule has 30 heavy (non-hydrogen) atoms. The molecular weight excluding hydrogens is 379 g/mol. The molecule has 3 aromatic rings. The SMILES string of the molecule is CCC(C)c1ccc(NC(=NCc2ccncc2)NC(=O)c2ccc(F)cc2)cc1. The van der Waals surface area contributed by atoms with Gasteiger partial charge in [-0.25, -0.2) is 9.38 Å². The molecule has 1 amide bonds. The average molecular weight is 404 g/mol. The number of rotatable bonds is 6. The van der Waals surface area contributed by atoms with Crippen molar-refractivity contribution in [1.82, 2.24) is 10.3 Å². The summed E-state index contributed by atoms with van der Waals surface area (Å²) < 4.78 is 13.2. The minimum absolute atomic E-state index is 0.317. The molecule has 0 saturated carbocycles. The monoisotopic (exact) mass is 404 g/mol. The Balaban J connectivity index is 1.78. The van der Waals surface area contributed by atoms with E-state index < -0.39 is 5.82 Å². The van der Waals surface area contributed by atoms with Crippen molar-refractivity contribution in [2.24, 2.45) is 4.99 Å². The maximum atomic E-state index is 13.2. The number of halogens is 1. The lowest BCUT2D eigenvalue weighted by Crippen LogP contribution is -2.36. The normalized spacial score (nSPS) is 12.3. The number of hydrogen-bond donors (Lipinski definition) is 2. The van der Waals surface area contributed by atoms with Crippen LogP contribution < -0.4 is 10.6 Å². The first-order chi connectivity index (χ1) is 14.5. The Kier molecular flexibility index (Phi) is 7.27. The van der Waals surface area contributed by atoms with Crippen LogP contribution in [0.2, 0.25) is 0 Å². The van der Waals surface area contributed by atoms with Gasteiger partial charge in [-0.3, -0.25) is 15.1 Å². The number of guanidine groups is 1. The summed E-state index contributed by atoms with van der Waals surface area (Å²) >= 11 is 0. The fraction of sp³-hybridized carbons (Fsp3) is 0.208. The average Bonchev–Trinajstić information content (AvgIpc) is 2.78. The number of pyridine rings is 1. The first kappa shape index (κ1) is 21.2. The molecule has 2 N–H and O–H groups in total. The second-order valence-electron chi connectivity index (χ2n) is 7.04. The van der Waals surface area contributed by atoms with Gasteiger partial charge in [-0.15, -0.1) is 0 Å². The molecule has 0 aliphatic heterocycles. The smallest absolute Gasteiger partial charge is 0.257 e. The molecule has 0 fully saturated rings. The first-order valence-electron chi connectivity index (χ1n) is 9.92. The summed E-state index contributed by atoms with van der Waals surface area (Å²) in [6.45, 7) is 4.72. The number of aliphatic imine (C=N–C) groups is 1. The molecule has 1 unspecified atom stereocenters. The third-order valence-electron chi connectivity index (χ3n) is 4.86. The van der Waals surface area contributed by atoms with E-state index in [0.717, 1.165) is 17.7 Å². The molecule has 0 aliphatic rings. The maximum absolute atomic E-state index is 13.2. The van der Waals surface area contributed by atoms with Crippen LogP contribution in [-0.2, 0) is 6.54 Å². The second kappa shape index (κ2) is 10.3. The summed E-state index contributed by atoms with van der Waals surface area (Å²) in [6, 6.07) is 17.2. The zero-order valence-corrected chi connectivity index (χ0v) is 17.1. The van der Waals surface area contributed by atoms with Crippen LogP contribution in [-0.4, -0.2) is 16.9 Å². The molecule has 0 bridgehead atoms. The summed E-state index contributed by atoms with van der Waals surface area (Å²) in [7, 11) is 0. The first-order valence-corrected chi connectivity index (χ1v) is 9.92. The fourth-order valence-electron chi connectivity index (χ4n) is 2.82. The fourth-order valence-corrected chi connectivity index (χ4v) is 2.82. The minimum atomic E-state index is -0.391. The zero-order valence-electron chi connectivity index (χ0n) is 17.1. The standard InChI is InChI=1S/C24H25FN4O/c1-3-17(2)19-6-10-22(11-7-19)28-24(27-16-18-12-14-26-15-13-18)29-23(30)20-4-8-21(25)9-5-20/h4-15,17H,3,16H2,1-2H3,(H2,27,28,29,30). The number of carbonyl (C=O) groups is 1. The van der Waals surface area contributed by atoms with E-state index in [4.69, 9.17) is 0 Å². The molecule has 0 saturated heterocycles. The molecule has 154 valence electrons. The van der Waals surface area contributed by atoms with E-state index >= 15 is 0 Å². The minimum Gasteiger partial charge on any atom is -0.326 e. The molecule has 0 radical (unpaired) electrons. The van der Waals surface area contributed by atoms with Crippen LogP contribution in [0.5, 0.6) is 0 Å². The molecular formula is C24H25FN4O. The Labute approximate surface area is 176 Å². The van der Waals surface area contributed by atoms with E-state index in [9.17, 15) is 9.18 Å². The Bertz CT molecular complexity index is 986. The number of benzene rings is 2. The van der Waals surface area contributed by atoms with Crippen molar-refractivity contribution in [3.63, 3.8) is 0 Å². The van der Waals surface area contributed by atoms with Crippen LogP contribution in [0.25, 0.3) is 0 Å². The Morgan fingerprint density at radius 2 is 1.70 bits per heavy atom. The van der Waals surface area contributed by atoms with Crippen molar-refractivity contribution in [2.45, 2.75) is 32.7 Å². The Hall–Kier alpha value is -3.54.